The molecule has 1 aliphatic rings. The molecule has 4 heteroatoms. The zero-order valence-corrected chi connectivity index (χ0v) is 13.9. The van der Waals surface area contributed by atoms with Crippen molar-refractivity contribution in [2.75, 3.05) is 27.3 Å². The van der Waals surface area contributed by atoms with Crippen molar-refractivity contribution in [1.29, 1.82) is 0 Å². The van der Waals surface area contributed by atoms with Crippen molar-refractivity contribution in [1.82, 2.24) is 4.90 Å². The maximum Gasteiger partial charge on any atom is 0.222 e. The molecule has 0 N–H and O–H groups in total. The molecule has 4 nitrogen and oxygen atoms in total. The summed E-state index contributed by atoms with van der Waals surface area (Å²) < 4.78 is 10.5. The topological polar surface area (TPSA) is 38.8 Å². The molecule has 0 radical (unpaired) electrons. The lowest BCUT2D eigenvalue weighted by atomic mass is 10.1. The van der Waals surface area contributed by atoms with Crippen LogP contribution in [0.3, 0.4) is 0 Å². The van der Waals surface area contributed by atoms with Crippen LogP contribution in [0, 0.1) is 5.92 Å². The van der Waals surface area contributed by atoms with Crippen LogP contribution in [-0.4, -0.2) is 38.1 Å². The number of ether oxygens (including phenoxy) is 2. The Kier molecular flexibility index (Phi) is 6.10. The zero-order valence-electron chi connectivity index (χ0n) is 13.9. The predicted molar refractivity (Wildman–Crippen MR) is 87.5 cm³/mol. The van der Waals surface area contributed by atoms with Gasteiger partial charge in [0.2, 0.25) is 5.91 Å². The molecule has 0 bridgehead atoms. The maximum atomic E-state index is 12.4. The standard InChI is InChI=1S/C18H27NO3/c1-4-11-19(13-15-5-6-15)18(20)10-8-14-7-9-16(21-2)17(12-14)22-3/h7,9,12,15H,4-6,8,10-11,13H2,1-3H3. The summed E-state index contributed by atoms with van der Waals surface area (Å²) in [4.78, 5) is 14.5. The first-order valence-electron chi connectivity index (χ1n) is 8.16. The minimum Gasteiger partial charge on any atom is -0.493 e. The molecule has 0 saturated heterocycles. The summed E-state index contributed by atoms with van der Waals surface area (Å²) in [5.41, 5.74) is 1.11. The number of amides is 1. The van der Waals surface area contributed by atoms with Crippen LogP contribution in [0.25, 0.3) is 0 Å². The Morgan fingerprint density at radius 2 is 1.95 bits per heavy atom. The number of hydrogen-bond donors (Lipinski definition) is 0. The van der Waals surface area contributed by atoms with E-state index in [0.717, 1.165) is 48.9 Å². The number of rotatable bonds is 9. The zero-order chi connectivity index (χ0) is 15.9. The quantitative estimate of drug-likeness (QED) is 0.703. The molecule has 0 unspecified atom stereocenters. The van der Waals surface area contributed by atoms with Crippen LogP contribution in [0.4, 0.5) is 0 Å². The van der Waals surface area contributed by atoms with Crippen molar-refractivity contribution in [3.8, 4) is 11.5 Å². The van der Waals surface area contributed by atoms with Gasteiger partial charge in [-0.3, -0.25) is 4.79 Å². The molecule has 0 aromatic heterocycles. The van der Waals surface area contributed by atoms with E-state index in [1.807, 2.05) is 23.1 Å². The first kappa shape index (κ1) is 16.7. The highest BCUT2D eigenvalue weighted by Crippen LogP contribution is 2.30. The van der Waals surface area contributed by atoms with Gasteiger partial charge in [0, 0.05) is 19.5 Å². The van der Waals surface area contributed by atoms with Gasteiger partial charge in [-0.1, -0.05) is 13.0 Å². The van der Waals surface area contributed by atoms with Gasteiger partial charge in [-0.2, -0.15) is 0 Å². The van der Waals surface area contributed by atoms with Gasteiger partial charge in [-0.05, 0) is 49.3 Å². The van der Waals surface area contributed by atoms with Crippen LogP contribution >= 0.6 is 0 Å². The summed E-state index contributed by atoms with van der Waals surface area (Å²) in [7, 11) is 3.26. The summed E-state index contributed by atoms with van der Waals surface area (Å²) in [5, 5.41) is 0. The summed E-state index contributed by atoms with van der Waals surface area (Å²) in [5.74, 6) is 2.45. The van der Waals surface area contributed by atoms with Crippen molar-refractivity contribution < 1.29 is 14.3 Å². The second kappa shape index (κ2) is 8.06. The molecule has 0 aliphatic heterocycles. The van der Waals surface area contributed by atoms with E-state index in [1.165, 1.54) is 12.8 Å². The number of carbonyl (C=O) groups excluding carboxylic acids is 1. The first-order chi connectivity index (χ1) is 10.7. The molecule has 1 aromatic rings. The van der Waals surface area contributed by atoms with Crippen LogP contribution in [0.2, 0.25) is 0 Å². The minimum atomic E-state index is 0.267. The molecule has 0 heterocycles. The Morgan fingerprint density at radius 1 is 1.23 bits per heavy atom. The van der Waals surface area contributed by atoms with Gasteiger partial charge in [0.05, 0.1) is 14.2 Å². The smallest absolute Gasteiger partial charge is 0.222 e. The monoisotopic (exact) mass is 305 g/mol. The molecule has 22 heavy (non-hydrogen) atoms. The highest BCUT2D eigenvalue weighted by atomic mass is 16.5. The van der Waals surface area contributed by atoms with Crippen LogP contribution in [0.5, 0.6) is 11.5 Å². The molecule has 1 aromatic carbocycles. The van der Waals surface area contributed by atoms with Gasteiger partial charge in [0.15, 0.2) is 11.5 Å². The van der Waals surface area contributed by atoms with E-state index >= 15 is 0 Å². The molecule has 0 spiro atoms. The van der Waals surface area contributed by atoms with E-state index in [0.29, 0.717) is 6.42 Å². The second-order valence-electron chi connectivity index (χ2n) is 5.97. The fraction of sp³-hybridized carbons (Fsp3) is 0.611. The molecule has 0 atom stereocenters. The predicted octanol–water partition coefficient (Wildman–Crippen LogP) is 3.29. The van der Waals surface area contributed by atoms with Gasteiger partial charge in [-0.25, -0.2) is 0 Å². The molecule has 122 valence electrons. The number of nitrogens with zero attached hydrogens (tertiary/aromatic N) is 1. The van der Waals surface area contributed by atoms with E-state index < -0.39 is 0 Å². The fourth-order valence-corrected chi connectivity index (χ4v) is 2.65. The maximum absolute atomic E-state index is 12.4. The van der Waals surface area contributed by atoms with Crippen molar-refractivity contribution in [3.05, 3.63) is 23.8 Å². The Balaban J connectivity index is 1.91. The highest BCUT2D eigenvalue weighted by Gasteiger charge is 2.26. The summed E-state index contributed by atoms with van der Waals surface area (Å²) in [6.45, 7) is 3.95. The van der Waals surface area contributed by atoms with Gasteiger partial charge < -0.3 is 14.4 Å². The van der Waals surface area contributed by atoms with E-state index in [2.05, 4.69) is 6.92 Å². The highest BCUT2D eigenvalue weighted by molar-refractivity contribution is 5.76. The first-order valence-corrected chi connectivity index (χ1v) is 8.16. The van der Waals surface area contributed by atoms with Gasteiger partial charge in [0.25, 0.3) is 0 Å². The number of benzene rings is 1. The van der Waals surface area contributed by atoms with Crippen LogP contribution < -0.4 is 9.47 Å². The molecular weight excluding hydrogens is 278 g/mol. The molecule has 1 aliphatic carbocycles. The van der Waals surface area contributed by atoms with Crippen LogP contribution in [0.15, 0.2) is 18.2 Å². The van der Waals surface area contributed by atoms with Crippen LogP contribution in [-0.2, 0) is 11.2 Å². The number of methoxy groups -OCH3 is 2. The Labute approximate surface area is 133 Å². The largest absolute Gasteiger partial charge is 0.493 e. The minimum absolute atomic E-state index is 0.267. The Hall–Kier alpha value is -1.71. The average Bonchev–Trinajstić information content (AvgIpc) is 3.35. The SMILES string of the molecule is CCCN(CC1CC1)C(=O)CCc1ccc(OC)c(OC)c1. The summed E-state index contributed by atoms with van der Waals surface area (Å²) in [6.07, 6.45) is 4.88. The van der Waals surface area contributed by atoms with Gasteiger partial charge >= 0.3 is 0 Å². The van der Waals surface area contributed by atoms with Crippen molar-refractivity contribution in [3.63, 3.8) is 0 Å². The average molecular weight is 305 g/mol. The van der Waals surface area contributed by atoms with Crippen molar-refractivity contribution >= 4 is 5.91 Å². The number of hydrogen-bond acceptors (Lipinski definition) is 3. The second-order valence-corrected chi connectivity index (χ2v) is 5.97. The van der Waals surface area contributed by atoms with Crippen molar-refractivity contribution in [2.45, 2.75) is 39.0 Å². The van der Waals surface area contributed by atoms with E-state index in [9.17, 15) is 4.79 Å². The molecular formula is C18H27NO3. The van der Waals surface area contributed by atoms with E-state index in [-0.39, 0.29) is 5.91 Å². The third-order valence-corrected chi connectivity index (χ3v) is 4.10. The molecule has 1 fully saturated rings. The van der Waals surface area contributed by atoms with Gasteiger partial charge in [-0.15, -0.1) is 0 Å². The van der Waals surface area contributed by atoms with Gasteiger partial charge in [0.1, 0.15) is 0 Å². The van der Waals surface area contributed by atoms with Crippen molar-refractivity contribution in [2.24, 2.45) is 5.92 Å². The lowest BCUT2D eigenvalue weighted by Crippen LogP contribution is -2.33. The third kappa shape index (κ3) is 4.65. The summed E-state index contributed by atoms with van der Waals surface area (Å²) >= 11 is 0. The van der Waals surface area contributed by atoms with Crippen LogP contribution in [0.1, 0.15) is 38.2 Å². The molecule has 1 amide bonds. The Morgan fingerprint density at radius 3 is 2.55 bits per heavy atom. The number of carbonyl (C=O) groups is 1. The lowest BCUT2D eigenvalue weighted by Gasteiger charge is -2.22. The molecule has 1 saturated carbocycles. The summed E-state index contributed by atoms with van der Waals surface area (Å²) in [6, 6.07) is 5.85. The Bertz CT molecular complexity index is 497. The van der Waals surface area contributed by atoms with E-state index in [1.54, 1.807) is 14.2 Å². The lowest BCUT2D eigenvalue weighted by molar-refractivity contribution is -0.131. The normalized spacial score (nSPS) is 13.8. The number of aryl methyl sites for hydroxylation is 1. The third-order valence-electron chi connectivity index (χ3n) is 4.10. The van der Waals surface area contributed by atoms with E-state index in [4.69, 9.17) is 9.47 Å². The molecule has 2 rings (SSSR count). The fourth-order valence-electron chi connectivity index (χ4n) is 2.65.